The number of methoxy groups -OCH3 is 1. The van der Waals surface area contributed by atoms with Crippen molar-refractivity contribution in [1.29, 1.82) is 0 Å². The summed E-state index contributed by atoms with van der Waals surface area (Å²) < 4.78 is 20.9. The molecular weight excluding hydrogens is 301 g/mol. The maximum absolute atomic E-state index is 15.0. The van der Waals surface area contributed by atoms with Gasteiger partial charge in [-0.2, -0.15) is 0 Å². The van der Waals surface area contributed by atoms with Gasteiger partial charge < -0.3 is 9.64 Å². The molecule has 0 bridgehead atoms. The predicted octanol–water partition coefficient (Wildman–Crippen LogP) is 3.43. The largest absolute Gasteiger partial charge is 0.494 e. The first-order valence-corrected chi connectivity index (χ1v) is 7.93. The summed E-state index contributed by atoms with van der Waals surface area (Å²) in [4.78, 5) is 11.2. The standard InChI is InChI=1S/C16H17FN3OS/c1-18-12-9-16-13(8-14(12)21-4)19-11-6-5-10(20(2)3)7-15(11)22(16)17/h5-9H,1-4H3/q+1. The van der Waals surface area contributed by atoms with Crippen LogP contribution in [0.15, 0.2) is 35.3 Å². The number of benzene rings is 2. The first kappa shape index (κ1) is 14.7. The second-order valence-electron chi connectivity index (χ2n) is 5.13. The zero-order valence-electron chi connectivity index (χ0n) is 12.9. The Morgan fingerprint density at radius 2 is 2.00 bits per heavy atom. The molecule has 0 fully saturated rings. The number of anilines is 1. The lowest BCUT2D eigenvalue weighted by atomic mass is 10.2. The van der Waals surface area contributed by atoms with E-state index in [4.69, 9.17) is 4.74 Å². The Hall–Kier alpha value is -2.21. The fourth-order valence-corrected chi connectivity index (χ4v) is 3.63. The number of aromatic nitrogens is 1. The van der Waals surface area contributed by atoms with Crippen molar-refractivity contribution in [3.8, 4) is 16.3 Å². The van der Waals surface area contributed by atoms with Crippen LogP contribution in [0, 0.1) is 0 Å². The number of rotatable bonds is 2. The number of ether oxygens (including phenoxy) is 1. The van der Waals surface area contributed by atoms with Gasteiger partial charge in [-0.25, -0.2) is 4.98 Å². The van der Waals surface area contributed by atoms with Crippen molar-refractivity contribution >= 4 is 26.8 Å². The van der Waals surface area contributed by atoms with E-state index in [-0.39, 0.29) is 0 Å². The molecule has 1 heterocycles. The lowest BCUT2D eigenvalue weighted by Gasteiger charge is -2.12. The molecule has 0 N–H and O–H groups in total. The average molecular weight is 318 g/mol. The molecule has 114 valence electrons. The van der Waals surface area contributed by atoms with Crippen LogP contribution >= 0.6 is 10.9 Å². The molecular formula is C16H17FN3OS+. The van der Waals surface area contributed by atoms with Gasteiger partial charge in [0.15, 0.2) is 0 Å². The molecule has 0 amide bonds. The van der Waals surface area contributed by atoms with Gasteiger partial charge in [-0.3, -0.25) is 4.99 Å². The Labute approximate surface area is 131 Å². The van der Waals surface area contributed by atoms with Crippen molar-refractivity contribution in [2.45, 2.75) is 0 Å². The van der Waals surface area contributed by atoms with E-state index in [1.165, 1.54) is 0 Å². The molecule has 1 unspecified atom stereocenters. The van der Waals surface area contributed by atoms with Crippen LogP contribution in [0.3, 0.4) is 0 Å². The Bertz CT molecular complexity index is 889. The smallest absolute Gasteiger partial charge is 0.245 e. The van der Waals surface area contributed by atoms with Crippen LogP contribution in [-0.4, -0.2) is 33.2 Å². The molecule has 1 aliphatic heterocycles. The Balaban J connectivity index is 2.40. The van der Waals surface area contributed by atoms with Crippen LogP contribution in [0.5, 0.6) is 5.75 Å². The highest BCUT2D eigenvalue weighted by molar-refractivity contribution is 7.34. The topological polar surface area (TPSA) is 37.7 Å². The fraction of sp³-hybridized carbons (Fsp3) is 0.250. The summed E-state index contributed by atoms with van der Waals surface area (Å²) in [5.41, 5.74) is 2.24. The SMILES string of the molecule is CN=c1cc2[s+](F)c3cc(N(C)C)ccc3nc-2cc1OC. The van der Waals surface area contributed by atoms with E-state index in [1.54, 1.807) is 26.3 Å². The monoisotopic (exact) mass is 318 g/mol. The number of hydrogen-bond acceptors (Lipinski definition) is 4. The molecule has 1 atom stereocenters. The van der Waals surface area contributed by atoms with Crippen molar-refractivity contribution in [3.63, 3.8) is 0 Å². The molecule has 2 aliphatic rings. The summed E-state index contributed by atoms with van der Waals surface area (Å²) in [7, 11) is 5.59. The maximum Gasteiger partial charge on any atom is 0.245 e. The highest BCUT2D eigenvalue weighted by atomic mass is 32.2. The minimum atomic E-state index is -1.53. The molecule has 0 aromatic heterocycles. The average Bonchev–Trinajstić information content (AvgIpc) is 2.53. The van der Waals surface area contributed by atoms with Crippen LogP contribution in [0.4, 0.5) is 9.57 Å². The molecule has 6 heteroatoms. The van der Waals surface area contributed by atoms with Crippen molar-refractivity contribution in [2.75, 3.05) is 33.2 Å². The quantitative estimate of drug-likeness (QED) is 0.537. The highest BCUT2D eigenvalue weighted by Gasteiger charge is 2.26. The van der Waals surface area contributed by atoms with E-state index < -0.39 is 10.9 Å². The van der Waals surface area contributed by atoms with E-state index in [0.717, 1.165) is 5.69 Å². The lowest BCUT2D eigenvalue weighted by Crippen LogP contribution is -2.09. The highest BCUT2D eigenvalue weighted by Crippen LogP contribution is 2.42. The third-order valence-corrected chi connectivity index (χ3v) is 5.01. The van der Waals surface area contributed by atoms with E-state index in [9.17, 15) is 0 Å². The number of nitrogens with zero attached hydrogens (tertiary/aromatic N) is 3. The molecule has 1 aromatic carbocycles. The van der Waals surface area contributed by atoms with Crippen molar-refractivity contribution in [2.24, 2.45) is 4.99 Å². The second-order valence-corrected chi connectivity index (χ2v) is 6.52. The van der Waals surface area contributed by atoms with E-state index in [2.05, 4.69) is 9.98 Å². The zero-order valence-corrected chi connectivity index (χ0v) is 13.7. The Morgan fingerprint density at radius 3 is 2.64 bits per heavy atom. The Morgan fingerprint density at radius 1 is 1.23 bits per heavy atom. The molecule has 4 nitrogen and oxygen atoms in total. The number of hydrogen-bond donors (Lipinski definition) is 0. The second kappa shape index (κ2) is 5.53. The van der Waals surface area contributed by atoms with E-state index in [1.807, 2.05) is 37.2 Å². The van der Waals surface area contributed by atoms with Crippen molar-refractivity contribution < 1.29 is 8.62 Å². The zero-order chi connectivity index (χ0) is 15.9. The van der Waals surface area contributed by atoms with Crippen LogP contribution in [0.1, 0.15) is 0 Å². The van der Waals surface area contributed by atoms with Gasteiger partial charge in [0.1, 0.15) is 22.3 Å². The first-order chi connectivity index (χ1) is 10.5. The molecule has 1 aromatic rings. The summed E-state index contributed by atoms with van der Waals surface area (Å²) in [6.45, 7) is 0. The first-order valence-electron chi connectivity index (χ1n) is 6.80. The van der Waals surface area contributed by atoms with Crippen molar-refractivity contribution in [3.05, 3.63) is 35.7 Å². The molecule has 0 saturated heterocycles. The molecule has 22 heavy (non-hydrogen) atoms. The van der Waals surface area contributed by atoms with E-state index in [0.29, 0.717) is 31.9 Å². The molecule has 0 radical (unpaired) electrons. The van der Waals surface area contributed by atoms with E-state index >= 15 is 3.89 Å². The fourth-order valence-electron chi connectivity index (χ4n) is 2.37. The minimum Gasteiger partial charge on any atom is -0.494 e. The lowest BCUT2D eigenvalue weighted by molar-refractivity contribution is 0.409. The number of fused-ring (bicyclic) bond motifs is 2. The summed E-state index contributed by atoms with van der Waals surface area (Å²) in [5, 5.41) is 0.638. The molecule has 0 saturated carbocycles. The summed E-state index contributed by atoms with van der Waals surface area (Å²) in [6, 6.07) is 9.14. The third-order valence-electron chi connectivity index (χ3n) is 3.59. The van der Waals surface area contributed by atoms with Gasteiger partial charge in [0.25, 0.3) is 0 Å². The van der Waals surface area contributed by atoms with Crippen LogP contribution in [0.25, 0.3) is 20.8 Å². The minimum absolute atomic E-state index is 0.560. The van der Waals surface area contributed by atoms with Gasteiger partial charge in [-0.05, 0) is 12.1 Å². The van der Waals surface area contributed by atoms with Crippen LogP contribution < -0.4 is 15.0 Å². The van der Waals surface area contributed by atoms with Gasteiger partial charge >= 0.3 is 0 Å². The van der Waals surface area contributed by atoms with Gasteiger partial charge in [0, 0.05) is 48.9 Å². The molecule has 0 spiro atoms. The van der Waals surface area contributed by atoms with Gasteiger partial charge in [-0.15, -0.1) is 0 Å². The normalized spacial score (nSPS) is 13.0. The van der Waals surface area contributed by atoms with Crippen LogP contribution in [0.2, 0.25) is 0 Å². The maximum atomic E-state index is 15.0. The Kier molecular flexibility index (Phi) is 3.70. The van der Waals surface area contributed by atoms with Crippen LogP contribution in [-0.2, 0) is 0 Å². The van der Waals surface area contributed by atoms with Crippen molar-refractivity contribution in [1.82, 2.24) is 4.98 Å². The van der Waals surface area contributed by atoms with Gasteiger partial charge in [-0.1, -0.05) is 0 Å². The van der Waals surface area contributed by atoms with Gasteiger partial charge in [0.2, 0.25) is 20.4 Å². The summed E-state index contributed by atoms with van der Waals surface area (Å²) in [6.07, 6.45) is 0. The summed E-state index contributed by atoms with van der Waals surface area (Å²) >= 11 is 0. The molecule has 3 rings (SSSR count). The predicted molar refractivity (Wildman–Crippen MR) is 89.7 cm³/mol. The third kappa shape index (κ3) is 2.29. The molecule has 1 aliphatic carbocycles. The number of halogens is 1. The summed E-state index contributed by atoms with van der Waals surface area (Å²) in [5.74, 6) is 0.607. The van der Waals surface area contributed by atoms with Gasteiger partial charge in [0.05, 0.1) is 7.11 Å².